The molecule has 0 nitrogen and oxygen atoms in total. The van der Waals surface area contributed by atoms with Crippen LogP contribution in [0.4, 0.5) is 0 Å². The molecule has 9 heavy (non-hydrogen) atoms. The summed E-state index contributed by atoms with van der Waals surface area (Å²) in [5.41, 5.74) is 0. The maximum Gasteiger partial charge on any atom is 0 e. The third-order valence-corrected chi connectivity index (χ3v) is 1.33. The summed E-state index contributed by atoms with van der Waals surface area (Å²) in [6, 6.07) is 0. The van der Waals surface area contributed by atoms with Crippen LogP contribution in [0.1, 0.15) is 25.7 Å². The minimum Gasteiger partial charge on any atom is -0.0882 e. The van der Waals surface area contributed by atoms with E-state index in [1.807, 2.05) is 0 Å². The number of allylic oxidation sites excluding steroid dienone is 4. The smallest absolute Gasteiger partial charge is 0 e. The van der Waals surface area contributed by atoms with Crippen LogP contribution in [0.5, 0.6) is 0 Å². The van der Waals surface area contributed by atoms with E-state index in [0.29, 0.717) is 0 Å². The Bertz CT molecular complexity index is 77.1. The molecule has 0 atom stereocenters. The van der Waals surface area contributed by atoms with E-state index in [9.17, 15) is 0 Å². The Morgan fingerprint density at radius 1 is 0.556 bits per heavy atom. The number of hydrogen-bond donors (Lipinski definition) is 0. The van der Waals surface area contributed by atoms with E-state index in [-0.39, 0.29) is 20.4 Å². The Morgan fingerprint density at radius 3 is 1.00 bits per heavy atom. The van der Waals surface area contributed by atoms with Crippen molar-refractivity contribution in [1.29, 1.82) is 0 Å². The molecule has 0 aromatic carbocycles. The molecule has 0 amide bonds. The van der Waals surface area contributed by atoms with E-state index >= 15 is 0 Å². The summed E-state index contributed by atoms with van der Waals surface area (Å²) < 4.78 is 0. The zero-order valence-electron chi connectivity index (χ0n) is 5.45. The molecule has 0 unspecified atom stereocenters. The molecule has 0 saturated carbocycles. The summed E-state index contributed by atoms with van der Waals surface area (Å²) in [5.74, 6) is 0. The van der Waals surface area contributed by atoms with Crippen LogP contribution in [0.2, 0.25) is 0 Å². The molecule has 0 aliphatic heterocycles. The summed E-state index contributed by atoms with van der Waals surface area (Å²) >= 11 is 0. The van der Waals surface area contributed by atoms with Gasteiger partial charge in [-0.2, -0.15) is 0 Å². The molecular formula is C8H12Pd. The van der Waals surface area contributed by atoms with E-state index in [4.69, 9.17) is 0 Å². The second-order valence-electron chi connectivity index (χ2n) is 2.10. The van der Waals surface area contributed by atoms with Crippen molar-refractivity contribution in [2.24, 2.45) is 0 Å². The Morgan fingerprint density at radius 2 is 0.778 bits per heavy atom. The minimum atomic E-state index is 0. The van der Waals surface area contributed by atoms with E-state index < -0.39 is 0 Å². The average molecular weight is 215 g/mol. The minimum absolute atomic E-state index is 0. The van der Waals surface area contributed by atoms with Crippen molar-refractivity contribution >= 4 is 0 Å². The normalized spacial score (nSPS) is 24.9. The van der Waals surface area contributed by atoms with Gasteiger partial charge in [-0.15, -0.1) is 0 Å². The van der Waals surface area contributed by atoms with Crippen LogP contribution in [-0.2, 0) is 20.4 Å². The predicted molar refractivity (Wildman–Crippen MR) is 36.7 cm³/mol. The van der Waals surface area contributed by atoms with Gasteiger partial charge in [0.05, 0.1) is 0 Å². The van der Waals surface area contributed by atoms with Crippen molar-refractivity contribution in [2.75, 3.05) is 0 Å². The molecule has 0 heterocycles. The predicted octanol–water partition coefficient (Wildman–Crippen LogP) is 2.67. The number of rotatable bonds is 0. The van der Waals surface area contributed by atoms with E-state index in [1.165, 1.54) is 25.7 Å². The maximum atomic E-state index is 2.27. The standard InChI is InChI=1S/C8H12.Pd/c1-2-4-6-8-7-5-3-1;/h1-2,7-8H,3-6H2;/b2-1-,8-7-;. The fraction of sp³-hybridized carbons (Fsp3) is 0.500. The molecule has 54 valence electrons. The molecule has 0 radical (unpaired) electrons. The zero-order valence-corrected chi connectivity index (χ0v) is 7.01. The van der Waals surface area contributed by atoms with Gasteiger partial charge in [-0.05, 0) is 25.7 Å². The third-order valence-electron chi connectivity index (χ3n) is 1.33. The van der Waals surface area contributed by atoms with Crippen molar-refractivity contribution in [3.8, 4) is 0 Å². The topological polar surface area (TPSA) is 0 Å². The molecule has 0 fully saturated rings. The zero-order chi connectivity index (χ0) is 5.66. The van der Waals surface area contributed by atoms with Crippen molar-refractivity contribution in [3.05, 3.63) is 24.3 Å². The summed E-state index contributed by atoms with van der Waals surface area (Å²) in [6.07, 6.45) is 14.0. The van der Waals surface area contributed by atoms with Crippen molar-refractivity contribution in [2.45, 2.75) is 25.7 Å². The van der Waals surface area contributed by atoms with Gasteiger partial charge in [-0.25, -0.2) is 0 Å². The summed E-state index contributed by atoms with van der Waals surface area (Å²) in [4.78, 5) is 0. The van der Waals surface area contributed by atoms with Crippen LogP contribution < -0.4 is 0 Å². The van der Waals surface area contributed by atoms with Gasteiger partial charge in [0.15, 0.2) is 0 Å². The molecule has 1 aliphatic rings. The molecule has 0 N–H and O–H groups in total. The van der Waals surface area contributed by atoms with Crippen LogP contribution in [-0.4, -0.2) is 0 Å². The Kier molecular flexibility index (Phi) is 6.36. The summed E-state index contributed by atoms with van der Waals surface area (Å²) in [6.45, 7) is 0. The third kappa shape index (κ3) is 4.63. The molecule has 0 aromatic heterocycles. The second-order valence-corrected chi connectivity index (χ2v) is 2.10. The first kappa shape index (κ1) is 9.14. The molecule has 1 aliphatic carbocycles. The fourth-order valence-electron chi connectivity index (χ4n) is 0.856. The van der Waals surface area contributed by atoms with Crippen molar-refractivity contribution in [3.63, 3.8) is 0 Å². The molecule has 1 rings (SSSR count). The van der Waals surface area contributed by atoms with Gasteiger partial charge < -0.3 is 0 Å². The van der Waals surface area contributed by atoms with Gasteiger partial charge in [0.2, 0.25) is 0 Å². The van der Waals surface area contributed by atoms with Gasteiger partial charge in [-0.1, -0.05) is 24.3 Å². The van der Waals surface area contributed by atoms with E-state index in [1.54, 1.807) is 0 Å². The van der Waals surface area contributed by atoms with Gasteiger partial charge >= 0.3 is 0 Å². The fourth-order valence-corrected chi connectivity index (χ4v) is 0.856. The average Bonchev–Trinajstić information content (AvgIpc) is 1.62. The molecule has 0 aromatic rings. The Hall–Kier alpha value is 0.142. The molecule has 1 heteroatoms. The van der Waals surface area contributed by atoms with E-state index in [2.05, 4.69) is 24.3 Å². The van der Waals surface area contributed by atoms with Crippen LogP contribution in [0.25, 0.3) is 0 Å². The van der Waals surface area contributed by atoms with Crippen molar-refractivity contribution < 1.29 is 20.4 Å². The molecule has 0 saturated heterocycles. The van der Waals surface area contributed by atoms with Gasteiger partial charge in [0, 0.05) is 20.4 Å². The first-order valence-electron chi connectivity index (χ1n) is 3.30. The largest absolute Gasteiger partial charge is 0.0882 e. The summed E-state index contributed by atoms with van der Waals surface area (Å²) in [5, 5.41) is 0. The van der Waals surface area contributed by atoms with Crippen LogP contribution in [0, 0.1) is 0 Å². The van der Waals surface area contributed by atoms with E-state index in [0.717, 1.165) is 0 Å². The van der Waals surface area contributed by atoms with Gasteiger partial charge in [0.25, 0.3) is 0 Å². The molecule has 0 spiro atoms. The van der Waals surface area contributed by atoms with Crippen LogP contribution in [0.3, 0.4) is 0 Å². The van der Waals surface area contributed by atoms with Gasteiger partial charge in [-0.3, -0.25) is 0 Å². The first-order valence-corrected chi connectivity index (χ1v) is 3.30. The molecular weight excluding hydrogens is 203 g/mol. The van der Waals surface area contributed by atoms with Gasteiger partial charge in [0.1, 0.15) is 0 Å². The first-order chi connectivity index (χ1) is 4.00. The monoisotopic (exact) mass is 214 g/mol. The quantitative estimate of drug-likeness (QED) is 0.430. The second kappa shape index (κ2) is 6.27. The van der Waals surface area contributed by atoms with Crippen molar-refractivity contribution in [1.82, 2.24) is 0 Å². The Balaban J connectivity index is 0.000000640. The number of hydrogen-bond acceptors (Lipinski definition) is 0. The SMILES string of the molecule is C1=C\CC/C=C\CC/1.[Pd]. The Labute approximate surface area is 70.7 Å². The molecule has 0 bridgehead atoms. The summed E-state index contributed by atoms with van der Waals surface area (Å²) in [7, 11) is 0. The van der Waals surface area contributed by atoms with Crippen LogP contribution in [0.15, 0.2) is 24.3 Å². The maximum absolute atomic E-state index is 2.27. The van der Waals surface area contributed by atoms with Crippen LogP contribution >= 0.6 is 0 Å².